The maximum atomic E-state index is 7.25. The molecule has 1 nitrogen and oxygen atoms in total. The second kappa shape index (κ2) is 2.06. The first-order valence-corrected chi connectivity index (χ1v) is 2.84. The third-order valence-corrected chi connectivity index (χ3v) is 1.26. The minimum atomic E-state index is 0.514. The first-order chi connectivity index (χ1) is 4.20. The highest BCUT2D eigenvalue weighted by molar-refractivity contribution is 6.26. The summed E-state index contributed by atoms with van der Waals surface area (Å²) in [7, 11) is 1.99. The van der Waals surface area contributed by atoms with E-state index in [1.54, 1.807) is 6.08 Å². The molecule has 1 rings (SSSR count). The van der Waals surface area contributed by atoms with Crippen molar-refractivity contribution in [3.05, 3.63) is 35.9 Å². The molecule has 0 spiro atoms. The van der Waals surface area contributed by atoms with E-state index in [0.717, 1.165) is 11.0 Å². The molecular formula is C7H8BN. The van der Waals surface area contributed by atoms with Gasteiger partial charge in [0.15, 0.2) is 0 Å². The van der Waals surface area contributed by atoms with E-state index in [9.17, 15) is 0 Å². The molecule has 0 bridgehead atoms. The smallest absolute Gasteiger partial charge is 0.139 e. The van der Waals surface area contributed by atoms with Crippen molar-refractivity contribution in [2.45, 2.75) is 0 Å². The topological polar surface area (TPSA) is 23.9 Å². The van der Waals surface area contributed by atoms with Crippen LogP contribution in [0.3, 0.4) is 0 Å². The normalized spacial score (nSPS) is 18.0. The Morgan fingerprint density at radius 1 is 1.44 bits per heavy atom. The van der Waals surface area contributed by atoms with Gasteiger partial charge in [0.1, 0.15) is 7.85 Å². The van der Waals surface area contributed by atoms with Crippen LogP contribution in [0.25, 0.3) is 0 Å². The first kappa shape index (κ1) is 6.08. The van der Waals surface area contributed by atoms with Crippen molar-refractivity contribution in [3.63, 3.8) is 0 Å². The summed E-state index contributed by atoms with van der Waals surface area (Å²) < 4.78 is 0. The molecule has 0 saturated carbocycles. The van der Waals surface area contributed by atoms with E-state index in [1.807, 2.05) is 20.0 Å². The molecule has 0 heterocycles. The van der Waals surface area contributed by atoms with E-state index in [0.29, 0.717) is 5.71 Å². The highest BCUT2D eigenvalue weighted by atomic mass is 14.4. The van der Waals surface area contributed by atoms with Gasteiger partial charge in [0, 0.05) is 0 Å². The molecule has 0 aliphatic heterocycles. The van der Waals surface area contributed by atoms with E-state index < -0.39 is 0 Å². The third-order valence-electron chi connectivity index (χ3n) is 1.26. The number of rotatable bonds is 0. The molecular weight excluding hydrogens is 109 g/mol. The quantitative estimate of drug-likeness (QED) is 0.450. The van der Waals surface area contributed by atoms with Gasteiger partial charge in [-0.15, -0.1) is 0 Å². The van der Waals surface area contributed by atoms with Crippen LogP contribution in [0.4, 0.5) is 0 Å². The number of allylic oxidation sites excluding steroid dienone is 5. The lowest BCUT2D eigenvalue weighted by Crippen LogP contribution is -1.98. The van der Waals surface area contributed by atoms with Crippen LogP contribution in [-0.4, -0.2) is 13.6 Å². The highest BCUT2D eigenvalue weighted by Gasteiger charge is 1.99. The van der Waals surface area contributed by atoms with Crippen molar-refractivity contribution in [3.8, 4) is 0 Å². The van der Waals surface area contributed by atoms with Crippen molar-refractivity contribution in [1.29, 1.82) is 5.41 Å². The molecule has 1 N–H and O–H groups in total. The Balaban J connectivity index is 2.95. The van der Waals surface area contributed by atoms with E-state index in [2.05, 4.69) is 6.58 Å². The maximum absolute atomic E-state index is 7.25. The molecule has 0 radical (unpaired) electrons. The van der Waals surface area contributed by atoms with Gasteiger partial charge in [0.2, 0.25) is 0 Å². The molecule has 2 heteroatoms. The fourth-order valence-electron chi connectivity index (χ4n) is 0.723. The molecule has 0 amide bonds. The van der Waals surface area contributed by atoms with Crippen LogP contribution in [-0.2, 0) is 0 Å². The lowest BCUT2D eigenvalue weighted by molar-refractivity contribution is 1.50. The molecule has 44 valence electrons. The minimum Gasteiger partial charge on any atom is -0.300 e. The molecule has 0 atom stereocenters. The van der Waals surface area contributed by atoms with E-state index >= 15 is 0 Å². The summed E-state index contributed by atoms with van der Waals surface area (Å²) in [6.45, 7) is 3.69. The fraction of sp³-hybridized carbons (Fsp3) is 0. The second-order valence-electron chi connectivity index (χ2n) is 2.16. The standard InChI is InChI=1S/C7H8BN/c1-5-4-6(8)2-3-7(5)9/h2-4,9H,1,8H2. The summed E-state index contributed by atoms with van der Waals surface area (Å²) >= 11 is 0. The van der Waals surface area contributed by atoms with E-state index in [4.69, 9.17) is 5.41 Å². The summed E-state index contributed by atoms with van der Waals surface area (Å²) in [5, 5.41) is 7.25. The zero-order chi connectivity index (χ0) is 6.85. The van der Waals surface area contributed by atoms with Gasteiger partial charge in [-0.05, 0) is 11.6 Å². The molecule has 0 aromatic carbocycles. The van der Waals surface area contributed by atoms with Crippen LogP contribution in [0.1, 0.15) is 0 Å². The largest absolute Gasteiger partial charge is 0.300 e. The zero-order valence-electron chi connectivity index (χ0n) is 5.44. The summed E-state index contributed by atoms with van der Waals surface area (Å²) in [4.78, 5) is 0. The highest BCUT2D eigenvalue weighted by Crippen LogP contribution is 2.07. The van der Waals surface area contributed by atoms with Crippen molar-refractivity contribution in [1.82, 2.24) is 0 Å². The van der Waals surface area contributed by atoms with Gasteiger partial charge in [0.25, 0.3) is 0 Å². The lowest BCUT2D eigenvalue weighted by Gasteiger charge is -2.03. The van der Waals surface area contributed by atoms with Crippen LogP contribution in [0.5, 0.6) is 0 Å². The second-order valence-corrected chi connectivity index (χ2v) is 2.16. The Labute approximate surface area is 55.7 Å². The van der Waals surface area contributed by atoms with Crippen molar-refractivity contribution >= 4 is 13.6 Å². The van der Waals surface area contributed by atoms with Gasteiger partial charge < -0.3 is 5.41 Å². The average Bonchev–Trinajstić information content (AvgIpc) is 1.80. The molecule has 1 aliphatic carbocycles. The molecule has 9 heavy (non-hydrogen) atoms. The van der Waals surface area contributed by atoms with Crippen molar-refractivity contribution in [2.24, 2.45) is 0 Å². The summed E-state index contributed by atoms with van der Waals surface area (Å²) in [5.74, 6) is 0. The van der Waals surface area contributed by atoms with Crippen LogP contribution in [0.2, 0.25) is 0 Å². The number of hydrogen-bond acceptors (Lipinski definition) is 1. The lowest BCUT2D eigenvalue weighted by atomic mass is 9.88. The number of nitrogens with one attached hydrogen (secondary N) is 1. The Kier molecular flexibility index (Phi) is 1.39. The minimum absolute atomic E-state index is 0.514. The molecule has 0 aromatic rings. The zero-order valence-corrected chi connectivity index (χ0v) is 5.44. The van der Waals surface area contributed by atoms with Gasteiger partial charge in [-0.3, -0.25) is 0 Å². The monoisotopic (exact) mass is 117 g/mol. The maximum Gasteiger partial charge on any atom is 0.139 e. The molecule has 0 fully saturated rings. The molecule has 0 aromatic heterocycles. The Morgan fingerprint density at radius 2 is 2.11 bits per heavy atom. The fourth-order valence-corrected chi connectivity index (χ4v) is 0.723. The Morgan fingerprint density at radius 3 is 2.56 bits per heavy atom. The van der Waals surface area contributed by atoms with Crippen molar-refractivity contribution < 1.29 is 0 Å². The average molecular weight is 117 g/mol. The Bertz CT molecular complexity index is 223. The van der Waals surface area contributed by atoms with E-state index in [-0.39, 0.29) is 0 Å². The summed E-state index contributed by atoms with van der Waals surface area (Å²) in [5.41, 5.74) is 2.48. The van der Waals surface area contributed by atoms with Crippen molar-refractivity contribution in [2.75, 3.05) is 0 Å². The molecule has 0 saturated heterocycles. The third kappa shape index (κ3) is 1.19. The summed E-state index contributed by atoms with van der Waals surface area (Å²) in [6, 6.07) is 0. The van der Waals surface area contributed by atoms with Gasteiger partial charge >= 0.3 is 0 Å². The van der Waals surface area contributed by atoms with Crippen LogP contribution in [0.15, 0.2) is 35.9 Å². The van der Waals surface area contributed by atoms with Gasteiger partial charge in [-0.25, -0.2) is 0 Å². The Hall–Kier alpha value is -1.05. The summed E-state index contributed by atoms with van der Waals surface area (Å²) in [6.07, 6.45) is 5.58. The predicted molar refractivity (Wildman–Crippen MR) is 42.6 cm³/mol. The molecule has 0 unspecified atom stereocenters. The SMILES string of the molecule is BC1=CC(=C)C(=N)C=C1. The van der Waals surface area contributed by atoms with Gasteiger partial charge in [-0.1, -0.05) is 24.2 Å². The van der Waals surface area contributed by atoms with Gasteiger partial charge in [0.05, 0.1) is 5.71 Å². The number of hydrogen-bond donors (Lipinski definition) is 1. The first-order valence-electron chi connectivity index (χ1n) is 2.84. The molecule has 1 aliphatic rings. The van der Waals surface area contributed by atoms with Crippen LogP contribution >= 0.6 is 0 Å². The van der Waals surface area contributed by atoms with Crippen LogP contribution < -0.4 is 0 Å². The van der Waals surface area contributed by atoms with E-state index in [1.165, 1.54) is 0 Å². The predicted octanol–water partition coefficient (Wildman–Crippen LogP) is 0.649. The van der Waals surface area contributed by atoms with Crippen LogP contribution in [0, 0.1) is 5.41 Å². The van der Waals surface area contributed by atoms with Gasteiger partial charge in [-0.2, -0.15) is 0 Å².